The molecular formula is C15H28N2O4. The summed E-state index contributed by atoms with van der Waals surface area (Å²) in [5.41, 5.74) is 0. The first-order chi connectivity index (χ1) is 10.0. The van der Waals surface area contributed by atoms with Crippen LogP contribution in [0, 0.1) is 0 Å². The number of carboxylic acids is 1. The fourth-order valence-electron chi connectivity index (χ4n) is 3.10. The molecule has 0 saturated carbocycles. The van der Waals surface area contributed by atoms with Crippen molar-refractivity contribution in [3.63, 3.8) is 0 Å². The van der Waals surface area contributed by atoms with E-state index in [2.05, 4.69) is 0 Å². The molecule has 2 amide bonds. The number of likely N-dealkylation sites (tertiary alicyclic amines) is 1. The Morgan fingerprint density at radius 1 is 1.29 bits per heavy atom. The molecule has 1 heterocycles. The second-order valence-electron chi connectivity index (χ2n) is 5.61. The molecule has 2 N–H and O–H groups in total. The second kappa shape index (κ2) is 8.87. The zero-order chi connectivity index (χ0) is 15.8. The topological polar surface area (TPSA) is 81.1 Å². The lowest BCUT2D eigenvalue weighted by molar-refractivity contribution is -0.138. The van der Waals surface area contributed by atoms with Crippen LogP contribution in [0.2, 0.25) is 0 Å². The zero-order valence-electron chi connectivity index (χ0n) is 13.1. The van der Waals surface area contributed by atoms with Gasteiger partial charge in [0.05, 0.1) is 13.0 Å². The number of rotatable bonds is 7. The molecule has 122 valence electrons. The number of aliphatic hydroxyl groups excluding tert-OH is 1. The van der Waals surface area contributed by atoms with Gasteiger partial charge < -0.3 is 20.0 Å². The predicted molar refractivity (Wildman–Crippen MR) is 80.2 cm³/mol. The molecule has 1 atom stereocenters. The molecule has 1 aliphatic heterocycles. The first-order valence-electron chi connectivity index (χ1n) is 7.94. The van der Waals surface area contributed by atoms with Crippen molar-refractivity contribution in [3.8, 4) is 0 Å². The zero-order valence-corrected chi connectivity index (χ0v) is 13.1. The molecule has 0 radical (unpaired) electrons. The second-order valence-corrected chi connectivity index (χ2v) is 5.61. The molecule has 1 saturated heterocycles. The summed E-state index contributed by atoms with van der Waals surface area (Å²) in [7, 11) is 0. The third-order valence-electron chi connectivity index (χ3n) is 4.25. The molecule has 1 rings (SSSR count). The maximum atomic E-state index is 12.8. The molecule has 0 aliphatic carbocycles. The number of amides is 2. The lowest BCUT2D eigenvalue weighted by atomic mass is 9.99. The van der Waals surface area contributed by atoms with E-state index in [4.69, 9.17) is 5.11 Å². The molecule has 0 aromatic rings. The van der Waals surface area contributed by atoms with Crippen LogP contribution in [0.25, 0.3) is 0 Å². The highest BCUT2D eigenvalue weighted by atomic mass is 16.4. The van der Waals surface area contributed by atoms with Gasteiger partial charge in [-0.3, -0.25) is 4.79 Å². The van der Waals surface area contributed by atoms with Crippen LogP contribution in [0.3, 0.4) is 0 Å². The van der Waals surface area contributed by atoms with Crippen LogP contribution < -0.4 is 0 Å². The Kier molecular flexibility index (Phi) is 7.50. The van der Waals surface area contributed by atoms with Gasteiger partial charge in [0.2, 0.25) is 0 Å². The van der Waals surface area contributed by atoms with E-state index in [1.54, 1.807) is 9.80 Å². The molecule has 21 heavy (non-hydrogen) atoms. The predicted octanol–water partition coefficient (Wildman–Crippen LogP) is 1.92. The molecule has 1 fully saturated rings. The number of aliphatic carboxylic acids is 1. The van der Waals surface area contributed by atoms with E-state index in [0.29, 0.717) is 13.1 Å². The van der Waals surface area contributed by atoms with Crippen LogP contribution in [0.4, 0.5) is 4.79 Å². The van der Waals surface area contributed by atoms with Gasteiger partial charge in [0.15, 0.2) is 0 Å². The fraction of sp³-hybridized carbons (Fsp3) is 0.867. The van der Waals surface area contributed by atoms with E-state index in [1.165, 1.54) is 0 Å². The van der Waals surface area contributed by atoms with E-state index in [9.17, 15) is 14.7 Å². The summed E-state index contributed by atoms with van der Waals surface area (Å²) >= 11 is 0. The number of carbonyl (C=O) groups is 2. The van der Waals surface area contributed by atoms with Gasteiger partial charge >= 0.3 is 12.0 Å². The van der Waals surface area contributed by atoms with Gasteiger partial charge in [0.25, 0.3) is 0 Å². The molecule has 0 spiro atoms. The Balaban J connectivity index is 2.85. The summed E-state index contributed by atoms with van der Waals surface area (Å²) in [5, 5.41) is 18.2. The smallest absolute Gasteiger partial charge is 0.320 e. The summed E-state index contributed by atoms with van der Waals surface area (Å²) < 4.78 is 0. The lowest BCUT2D eigenvalue weighted by Crippen LogP contribution is -2.54. The van der Waals surface area contributed by atoms with Gasteiger partial charge in [-0.2, -0.15) is 0 Å². The van der Waals surface area contributed by atoms with E-state index in [0.717, 1.165) is 32.1 Å². The van der Waals surface area contributed by atoms with E-state index in [1.807, 2.05) is 13.8 Å². The number of urea groups is 1. The average Bonchev–Trinajstić information content (AvgIpc) is 2.47. The molecule has 0 bridgehead atoms. The van der Waals surface area contributed by atoms with Crippen molar-refractivity contribution >= 4 is 12.0 Å². The summed E-state index contributed by atoms with van der Waals surface area (Å²) in [6, 6.07) is -0.250. The van der Waals surface area contributed by atoms with E-state index >= 15 is 0 Å². The fourth-order valence-corrected chi connectivity index (χ4v) is 3.10. The monoisotopic (exact) mass is 300 g/mol. The van der Waals surface area contributed by atoms with Crippen molar-refractivity contribution in [2.24, 2.45) is 0 Å². The van der Waals surface area contributed by atoms with Crippen molar-refractivity contribution in [1.82, 2.24) is 9.80 Å². The SMILES string of the molecule is CCC(CC)N(CCO)C(=O)N1CCCCC1CC(=O)O. The first kappa shape index (κ1) is 17.8. The Hall–Kier alpha value is -1.30. The number of hydrogen-bond acceptors (Lipinski definition) is 3. The molecule has 6 heteroatoms. The molecule has 0 aromatic carbocycles. The number of carboxylic acid groups (broad SMARTS) is 1. The quantitative estimate of drug-likeness (QED) is 0.752. The van der Waals surface area contributed by atoms with Crippen LogP contribution >= 0.6 is 0 Å². The molecule has 0 aromatic heterocycles. The maximum Gasteiger partial charge on any atom is 0.320 e. The van der Waals surface area contributed by atoms with Crippen molar-refractivity contribution in [2.45, 2.75) is 64.5 Å². The number of carbonyl (C=O) groups excluding carboxylic acids is 1. The summed E-state index contributed by atoms with van der Waals surface area (Å²) in [6.07, 6.45) is 4.29. The highest BCUT2D eigenvalue weighted by Gasteiger charge is 2.33. The number of nitrogens with zero attached hydrogens (tertiary/aromatic N) is 2. The normalized spacial score (nSPS) is 18.9. The first-order valence-corrected chi connectivity index (χ1v) is 7.94. The minimum absolute atomic E-state index is 0.00161. The Bertz CT molecular complexity index is 345. The highest BCUT2D eigenvalue weighted by Crippen LogP contribution is 2.23. The Morgan fingerprint density at radius 3 is 2.48 bits per heavy atom. The van der Waals surface area contributed by atoms with Gasteiger partial charge in [-0.25, -0.2) is 4.79 Å². The molecule has 6 nitrogen and oxygen atoms in total. The summed E-state index contributed by atoms with van der Waals surface area (Å²) in [4.78, 5) is 27.2. The maximum absolute atomic E-state index is 12.8. The standard InChI is InChI=1S/C15H28N2O4/c1-3-12(4-2)17(9-10-18)15(21)16-8-6-5-7-13(16)11-14(19)20/h12-13,18H,3-11H2,1-2H3,(H,19,20). The van der Waals surface area contributed by atoms with Gasteiger partial charge in [-0.1, -0.05) is 13.8 Å². The number of piperidine rings is 1. The number of aliphatic hydroxyl groups is 1. The van der Waals surface area contributed by atoms with Crippen molar-refractivity contribution in [3.05, 3.63) is 0 Å². The van der Waals surface area contributed by atoms with Crippen molar-refractivity contribution in [2.75, 3.05) is 19.7 Å². The molecule has 1 unspecified atom stereocenters. The van der Waals surface area contributed by atoms with Gasteiger partial charge in [-0.15, -0.1) is 0 Å². The third-order valence-corrected chi connectivity index (χ3v) is 4.25. The average molecular weight is 300 g/mol. The number of hydrogen-bond donors (Lipinski definition) is 2. The van der Waals surface area contributed by atoms with Crippen molar-refractivity contribution in [1.29, 1.82) is 0 Å². The minimum Gasteiger partial charge on any atom is -0.481 e. The Morgan fingerprint density at radius 2 is 1.95 bits per heavy atom. The van der Waals surface area contributed by atoms with Gasteiger partial charge in [-0.05, 0) is 32.1 Å². The van der Waals surface area contributed by atoms with Crippen LogP contribution in [-0.2, 0) is 4.79 Å². The van der Waals surface area contributed by atoms with Gasteiger partial charge in [0.1, 0.15) is 0 Å². The summed E-state index contributed by atoms with van der Waals surface area (Å²) in [6.45, 7) is 4.90. The highest BCUT2D eigenvalue weighted by molar-refractivity contribution is 5.76. The van der Waals surface area contributed by atoms with Crippen LogP contribution in [0.5, 0.6) is 0 Å². The third kappa shape index (κ3) is 4.88. The Labute approximate surface area is 126 Å². The van der Waals surface area contributed by atoms with Gasteiger partial charge in [0, 0.05) is 25.2 Å². The summed E-state index contributed by atoms with van der Waals surface area (Å²) in [5.74, 6) is -0.865. The van der Waals surface area contributed by atoms with E-state index in [-0.39, 0.29) is 31.1 Å². The molecular weight excluding hydrogens is 272 g/mol. The van der Waals surface area contributed by atoms with Crippen LogP contribution in [0.15, 0.2) is 0 Å². The minimum atomic E-state index is -0.865. The van der Waals surface area contributed by atoms with Crippen LogP contribution in [0.1, 0.15) is 52.4 Å². The van der Waals surface area contributed by atoms with Crippen LogP contribution in [-0.4, -0.2) is 63.8 Å². The van der Waals surface area contributed by atoms with Crippen molar-refractivity contribution < 1.29 is 19.8 Å². The largest absolute Gasteiger partial charge is 0.481 e. The molecule has 1 aliphatic rings. The van der Waals surface area contributed by atoms with E-state index < -0.39 is 5.97 Å². The lowest BCUT2D eigenvalue weighted by Gasteiger charge is -2.41.